The van der Waals surface area contributed by atoms with Crippen molar-refractivity contribution in [2.45, 2.75) is 21.2 Å². The maximum atomic E-state index is 11.8. The minimum atomic E-state index is -6.09. The van der Waals surface area contributed by atoms with Gasteiger partial charge in [-0.25, -0.2) is 13.4 Å². The third-order valence-electron chi connectivity index (χ3n) is 2.39. The first kappa shape index (κ1) is 23.8. The number of rotatable bonds is 3. The van der Waals surface area contributed by atoms with Crippen LogP contribution in [0.15, 0.2) is 4.99 Å². The van der Waals surface area contributed by atoms with Crippen molar-refractivity contribution >= 4 is 67.5 Å². The van der Waals surface area contributed by atoms with Crippen molar-refractivity contribution in [2.24, 2.45) is 4.99 Å². The summed E-state index contributed by atoms with van der Waals surface area (Å²) in [7, 11) is -8.53. The van der Waals surface area contributed by atoms with E-state index in [9.17, 15) is 21.6 Å². The minimum Gasteiger partial charge on any atom is -0.741 e. The lowest BCUT2D eigenvalue weighted by molar-refractivity contribution is -0.541. The van der Waals surface area contributed by atoms with E-state index in [0.29, 0.717) is 0 Å². The molecule has 24 heavy (non-hydrogen) atoms. The molecule has 0 spiro atoms. The monoisotopic (exact) mass is 456 g/mol. The quantitative estimate of drug-likeness (QED) is 0.207. The smallest absolute Gasteiger partial charge is 0.485 e. The van der Waals surface area contributed by atoms with E-state index in [4.69, 9.17) is 47.8 Å². The van der Waals surface area contributed by atoms with Crippen molar-refractivity contribution in [1.29, 1.82) is 0 Å². The molecular weight excluding hydrogens is 448 g/mol. The SMILES string of the molecule is C[N+]1=CC=NC1(C)S(=O)(=O)OCC(Cl)(Cl)Cl.O=S(=O)([O-])C(F)(F)F. The average molecular weight is 458 g/mol. The molecule has 1 atom stereocenters. The van der Waals surface area contributed by atoms with Crippen LogP contribution in [0.3, 0.4) is 0 Å². The Morgan fingerprint density at radius 2 is 1.67 bits per heavy atom. The Hall–Kier alpha value is -0.180. The standard InChI is InChI=1S/C7H10Cl3N2O3S.CHF3O3S/c1-6(11-3-4-12(6)2)16(13,14)15-5-7(8,9)10;2-1(3,4)8(5,6)7/h3-4H,5H2,1-2H3;(H,5,6,7)/q+1;/p-1. The summed E-state index contributed by atoms with van der Waals surface area (Å²) in [6, 6.07) is 0. The van der Waals surface area contributed by atoms with Crippen LogP contribution in [0.2, 0.25) is 0 Å². The Labute approximate surface area is 150 Å². The first-order valence-corrected chi connectivity index (χ1v) is 9.38. The predicted octanol–water partition coefficient (Wildman–Crippen LogP) is 1.23. The first-order chi connectivity index (χ1) is 10.3. The molecule has 8 nitrogen and oxygen atoms in total. The lowest BCUT2D eigenvalue weighted by atomic mass is 10.6. The van der Waals surface area contributed by atoms with Crippen LogP contribution in [-0.2, 0) is 24.4 Å². The minimum absolute atomic E-state index is 0.557. The second-order valence-electron chi connectivity index (χ2n) is 4.20. The van der Waals surface area contributed by atoms with Crippen LogP contribution in [-0.4, -0.2) is 66.3 Å². The van der Waals surface area contributed by atoms with Gasteiger partial charge in [-0.15, -0.1) is 0 Å². The molecule has 1 unspecified atom stereocenters. The van der Waals surface area contributed by atoms with Gasteiger partial charge in [0.25, 0.3) is 0 Å². The molecule has 0 amide bonds. The number of nitrogens with zero attached hydrogens (tertiary/aromatic N) is 2. The van der Waals surface area contributed by atoms with Crippen molar-refractivity contribution in [2.75, 3.05) is 13.7 Å². The highest BCUT2D eigenvalue weighted by molar-refractivity contribution is 7.88. The number of halogens is 6. The van der Waals surface area contributed by atoms with E-state index in [-0.39, 0.29) is 0 Å². The van der Waals surface area contributed by atoms with Gasteiger partial charge in [-0.3, -0.25) is 4.18 Å². The molecule has 0 fully saturated rings. The van der Waals surface area contributed by atoms with E-state index in [0.717, 1.165) is 0 Å². The van der Waals surface area contributed by atoms with Gasteiger partial charge in [0.05, 0.1) is 6.21 Å². The van der Waals surface area contributed by atoms with Crippen molar-refractivity contribution in [3.05, 3.63) is 0 Å². The largest absolute Gasteiger partial charge is 0.741 e. The molecule has 0 saturated carbocycles. The molecule has 142 valence electrons. The first-order valence-electron chi connectivity index (χ1n) is 5.43. The van der Waals surface area contributed by atoms with E-state index in [2.05, 4.69) is 9.18 Å². The van der Waals surface area contributed by atoms with Crippen molar-refractivity contribution < 1.29 is 43.3 Å². The maximum Gasteiger partial charge on any atom is 0.485 e. The summed E-state index contributed by atoms with van der Waals surface area (Å²) in [5.74, 6) is 0. The van der Waals surface area contributed by atoms with Gasteiger partial charge < -0.3 is 4.55 Å². The van der Waals surface area contributed by atoms with E-state index in [1.54, 1.807) is 7.05 Å². The van der Waals surface area contributed by atoms with E-state index < -0.39 is 41.1 Å². The lowest BCUT2D eigenvalue weighted by Crippen LogP contribution is -2.43. The molecule has 0 radical (unpaired) electrons. The Balaban J connectivity index is 0.000000561. The normalized spacial score (nSPS) is 22.0. The molecule has 1 heterocycles. The fourth-order valence-corrected chi connectivity index (χ4v) is 2.51. The van der Waals surface area contributed by atoms with Crippen molar-refractivity contribution in [3.8, 4) is 0 Å². The van der Waals surface area contributed by atoms with Gasteiger partial charge in [-0.1, -0.05) is 34.8 Å². The molecular formula is C8H10Cl3F3N2O6S2. The van der Waals surface area contributed by atoms with Gasteiger partial charge in [-0.05, 0) is 0 Å². The van der Waals surface area contributed by atoms with Crippen LogP contribution < -0.4 is 0 Å². The molecule has 0 aliphatic carbocycles. The van der Waals surface area contributed by atoms with Crippen LogP contribution in [0.5, 0.6) is 0 Å². The highest BCUT2D eigenvalue weighted by atomic mass is 35.6. The Bertz CT molecular complexity index is 729. The van der Waals surface area contributed by atoms with E-state index in [1.165, 1.54) is 23.9 Å². The third-order valence-corrected chi connectivity index (χ3v) is 5.06. The molecule has 0 aromatic rings. The fourth-order valence-electron chi connectivity index (χ4n) is 0.998. The Kier molecular flexibility index (Phi) is 7.54. The number of hydrogen-bond donors (Lipinski definition) is 0. The summed E-state index contributed by atoms with van der Waals surface area (Å²) >= 11 is 16.2. The molecule has 0 N–H and O–H groups in total. The molecule has 0 aromatic carbocycles. The van der Waals surface area contributed by atoms with Crippen LogP contribution in [0.1, 0.15) is 6.92 Å². The Morgan fingerprint density at radius 1 is 1.25 bits per heavy atom. The van der Waals surface area contributed by atoms with Crippen molar-refractivity contribution in [3.63, 3.8) is 0 Å². The predicted molar refractivity (Wildman–Crippen MR) is 80.1 cm³/mol. The van der Waals surface area contributed by atoms with Gasteiger partial charge in [0.15, 0.2) is 16.3 Å². The van der Waals surface area contributed by atoms with Gasteiger partial charge in [0.2, 0.25) is 3.79 Å². The van der Waals surface area contributed by atoms with E-state index in [1.807, 2.05) is 0 Å². The highest BCUT2D eigenvalue weighted by Gasteiger charge is 2.51. The lowest BCUT2D eigenvalue weighted by Gasteiger charge is -2.18. The molecule has 0 saturated heterocycles. The fraction of sp³-hybridized carbons (Fsp3) is 0.750. The average Bonchev–Trinajstić information content (AvgIpc) is 2.66. The molecule has 1 aliphatic heterocycles. The number of hydrogen-bond acceptors (Lipinski definition) is 7. The molecule has 0 aromatic heterocycles. The second kappa shape index (κ2) is 7.60. The zero-order chi connectivity index (χ0) is 19.6. The molecule has 16 heteroatoms. The van der Waals surface area contributed by atoms with Gasteiger partial charge in [-0.2, -0.15) is 26.2 Å². The summed E-state index contributed by atoms with van der Waals surface area (Å²) in [6.45, 7) is 0.833. The van der Waals surface area contributed by atoms with Gasteiger partial charge >= 0.3 is 20.6 Å². The van der Waals surface area contributed by atoms with Crippen molar-refractivity contribution in [1.82, 2.24) is 0 Å². The van der Waals surface area contributed by atoms with Crippen LogP contribution in [0.25, 0.3) is 0 Å². The summed E-state index contributed by atoms with van der Waals surface area (Å²) < 4.78 is 86.8. The van der Waals surface area contributed by atoms with Crippen LogP contribution in [0.4, 0.5) is 13.2 Å². The molecule has 1 rings (SSSR count). The zero-order valence-electron chi connectivity index (χ0n) is 11.8. The molecule has 1 aliphatic rings. The number of aliphatic imine (C=N–C) groups is 1. The summed E-state index contributed by atoms with van der Waals surface area (Å²) in [6.07, 6.45) is 2.88. The zero-order valence-corrected chi connectivity index (χ0v) is 15.7. The van der Waals surface area contributed by atoms with Crippen LogP contribution >= 0.6 is 34.8 Å². The van der Waals surface area contributed by atoms with Gasteiger partial charge in [0.1, 0.15) is 13.7 Å². The van der Waals surface area contributed by atoms with Crippen LogP contribution in [0, 0.1) is 0 Å². The topological polar surface area (TPSA) is 116 Å². The second-order valence-corrected chi connectivity index (χ2v) is 10.0. The summed E-state index contributed by atoms with van der Waals surface area (Å²) in [5, 5.41) is 0. The van der Waals surface area contributed by atoms with E-state index >= 15 is 0 Å². The third kappa shape index (κ3) is 6.61. The molecule has 0 bridgehead atoms. The highest BCUT2D eigenvalue weighted by Crippen LogP contribution is 2.30. The number of alkyl halides is 6. The van der Waals surface area contributed by atoms with Gasteiger partial charge in [0, 0.05) is 6.92 Å². The summed E-state index contributed by atoms with van der Waals surface area (Å²) in [4.78, 5) is 2.31. The maximum absolute atomic E-state index is 11.8. The Morgan fingerprint density at radius 3 is 1.92 bits per heavy atom. The summed E-state index contributed by atoms with van der Waals surface area (Å²) in [5.41, 5.74) is -5.65.